The van der Waals surface area contributed by atoms with E-state index in [9.17, 15) is 9.90 Å². The minimum absolute atomic E-state index is 0.0710. The molecule has 0 atom stereocenters. The second kappa shape index (κ2) is 5.84. The summed E-state index contributed by atoms with van der Waals surface area (Å²) < 4.78 is 0. The van der Waals surface area contributed by atoms with Crippen LogP contribution in [0.15, 0.2) is 54.6 Å². The number of carbonyl (C=O) groups excluding carboxylic acids is 1. The molecule has 0 aliphatic rings. The van der Waals surface area contributed by atoms with Crippen LogP contribution in [0.25, 0.3) is 0 Å². The minimum Gasteiger partial charge on any atom is -0.507 e. The molecule has 0 heterocycles. The molecule has 0 fully saturated rings. The number of para-hydroxylation sites is 1. The van der Waals surface area contributed by atoms with Gasteiger partial charge >= 0.3 is 0 Å². The van der Waals surface area contributed by atoms with Gasteiger partial charge in [0.1, 0.15) is 5.75 Å². The summed E-state index contributed by atoms with van der Waals surface area (Å²) in [7, 11) is 0. The van der Waals surface area contributed by atoms with E-state index in [-0.39, 0.29) is 17.9 Å². The number of carbonyl (C=O) groups is 1. The molecular weight excluding hydrogens is 230 g/mol. The Balaban J connectivity index is 1.88. The van der Waals surface area contributed by atoms with Crippen molar-refractivity contribution >= 4 is 5.91 Å². The summed E-state index contributed by atoms with van der Waals surface area (Å²) in [6.07, 6.45) is 0. The zero-order chi connectivity index (χ0) is 12.8. The minimum atomic E-state index is -0.468. The molecule has 0 saturated carbocycles. The van der Waals surface area contributed by atoms with Crippen LogP contribution in [0.5, 0.6) is 5.75 Å². The molecule has 2 aromatic rings. The van der Waals surface area contributed by atoms with Crippen LogP contribution >= 0.6 is 0 Å². The molecule has 0 bridgehead atoms. The average Bonchev–Trinajstić information content (AvgIpc) is 2.40. The van der Waals surface area contributed by atoms with E-state index in [2.05, 4.69) is 5.48 Å². The number of phenolic OH excluding ortho intramolecular Hbond substituents is 1. The van der Waals surface area contributed by atoms with E-state index < -0.39 is 5.91 Å². The van der Waals surface area contributed by atoms with E-state index >= 15 is 0 Å². The maximum atomic E-state index is 11.7. The molecule has 0 aromatic heterocycles. The Morgan fingerprint density at radius 2 is 1.72 bits per heavy atom. The smallest absolute Gasteiger partial charge is 0.278 e. The van der Waals surface area contributed by atoms with Crippen LogP contribution in [-0.4, -0.2) is 11.0 Å². The molecule has 2 rings (SSSR count). The predicted octanol–water partition coefficient (Wildman–Crippen LogP) is 2.25. The molecule has 18 heavy (non-hydrogen) atoms. The third kappa shape index (κ3) is 3.09. The van der Waals surface area contributed by atoms with Crippen molar-refractivity contribution in [2.75, 3.05) is 0 Å². The van der Waals surface area contributed by atoms with Crippen LogP contribution in [0.2, 0.25) is 0 Å². The molecule has 2 aromatic carbocycles. The summed E-state index contributed by atoms with van der Waals surface area (Å²) >= 11 is 0. The van der Waals surface area contributed by atoms with Gasteiger partial charge in [-0.1, -0.05) is 42.5 Å². The third-order valence-corrected chi connectivity index (χ3v) is 2.40. The quantitative estimate of drug-likeness (QED) is 0.810. The zero-order valence-corrected chi connectivity index (χ0v) is 9.67. The number of nitrogens with one attached hydrogen (secondary N) is 1. The number of phenols is 1. The van der Waals surface area contributed by atoms with Crippen LogP contribution < -0.4 is 5.48 Å². The van der Waals surface area contributed by atoms with Gasteiger partial charge in [0.25, 0.3) is 5.91 Å². The number of rotatable bonds is 4. The van der Waals surface area contributed by atoms with Crippen molar-refractivity contribution in [2.45, 2.75) is 6.61 Å². The van der Waals surface area contributed by atoms with Crippen molar-refractivity contribution in [3.8, 4) is 5.75 Å². The Bertz CT molecular complexity index is 526. The number of hydroxylamine groups is 1. The molecular formula is C14H13NO3. The van der Waals surface area contributed by atoms with Gasteiger partial charge in [0.2, 0.25) is 0 Å². The number of amides is 1. The van der Waals surface area contributed by atoms with Crippen LogP contribution in [0.3, 0.4) is 0 Å². The zero-order valence-electron chi connectivity index (χ0n) is 9.67. The Labute approximate surface area is 105 Å². The van der Waals surface area contributed by atoms with E-state index in [0.29, 0.717) is 0 Å². The third-order valence-electron chi connectivity index (χ3n) is 2.40. The monoisotopic (exact) mass is 243 g/mol. The summed E-state index contributed by atoms with van der Waals surface area (Å²) in [6, 6.07) is 15.8. The molecule has 0 unspecified atom stereocenters. The van der Waals surface area contributed by atoms with Crippen molar-refractivity contribution in [3.05, 3.63) is 65.7 Å². The Morgan fingerprint density at radius 3 is 2.44 bits per heavy atom. The van der Waals surface area contributed by atoms with Gasteiger partial charge < -0.3 is 5.11 Å². The molecule has 0 aliphatic heterocycles. The normalized spacial score (nSPS) is 10.0. The lowest BCUT2D eigenvalue weighted by molar-refractivity contribution is 0.0231. The summed E-state index contributed by atoms with van der Waals surface area (Å²) in [6.45, 7) is 0.278. The first-order valence-corrected chi connectivity index (χ1v) is 5.51. The van der Waals surface area contributed by atoms with Crippen molar-refractivity contribution < 1.29 is 14.7 Å². The highest BCUT2D eigenvalue weighted by molar-refractivity contribution is 5.96. The number of aromatic hydroxyl groups is 1. The summed E-state index contributed by atoms with van der Waals surface area (Å²) in [5.41, 5.74) is 3.43. The second-order valence-corrected chi connectivity index (χ2v) is 3.72. The fourth-order valence-electron chi connectivity index (χ4n) is 1.48. The van der Waals surface area contributed by atoms with Crippen LogP contribution in [0, 0.1) is 0 Å². The van der Waals surface area contributed by atoms with Crippen LogP contribution in [-0.2, 0) is 11.4 Å². The molecule has 0 spiro atoms. The molecule has 4 nitrogen and oxygen atoms in total. The van der Waals surface area contributed by atoms with Gasteiger partial charge in [-0.2, -0.15) is 0 Å². The van der Waals surface area contributed by atoms with Gasteiger partial charge in [-0.25, -0.2) is 5.48 Å². The Kier molecular flexibility index (Phi) is 3.94. The predicted molar refractivity (Wildman–Crippen MR) is 66.8 cm³/mol. The van der Waals surface area contributed by atoms with Gasteiger partial charge in [-0.15, -0.1) is 0 Å². The topological polar surface area (TPSA) is 58.6 Å². The highest BCUT2D eigenvalue weighted by Crippen LogP contribution is 2.15. The maximum Gasteiger partial charge on any atom is 0.278 e. The molecule has 2 N–H and O–H groups in total. The lowest BCUT2D eigenvalue weighted by Gasteiger charge is -2.07. The number of benzene rings is 2. The SMILES string of the molecule is O=C(NOCc1ccccc1)c1ccccc1O. The van der Waals surface area contributed by atoms with Gasteiger partial charge in [0.15, 0.2) is 0 Å². The molecule has 4 heteroatoms. The first-order chi connectivity index (χ1) is 8.77. The van der Waals surface area contributed by atoms with Crippen molar-refractivity contribution in [2.24, 2.45) is 0 Å². The van der Waals surface area contributed by atoms with Gasteiger partial charge in [-0.05, 0) is 17.7 Å². The Hall–Kier alpha value is -2.33. The van der Waals surface area contributed by atoms with E-state index in [1.54, 1.807) is 12.1 Å². The molecule has 92 valence electrons. The average molecular weight is 243 g/mol. The van der Waals surface area contributed by atoms with Crippen molar-refractivity contribution in [3.63, 3.8) is 0 Å². The fourth-order valence-corrected chi connectivity index (χ4v) is 1.48. The van der Waals surface area contributed by atoms with E-state index in [4.69, 9.17) is 4.84 Å². The first-order valence-electron chi connectivity index (χ1n) is 5.51. The first kappa shape index (κ1) is 12.1. The molecule has 0 radical (unpaired) electrons. The number of hydrogen-bond donors (Lipinski definition) is 2. The van der Waals surface area contributed by atoms with E-state index in [1.165, 1.54) is 12.1 Å². The fraction of sp³-hybridized carbons (Fsp3) is 0.0714. The van der Waals surface area contributed by atoms with Crippen LogP contribution in [0.1, 0.15) is 15.9 Å². The second-order valence-electron chi connectivity index (χ2n) is 3.72. The van der Waals surface area contributed by atoms with Gasteiger partial charge in [0.05, 0.1) is 12.2 Å². The summed E-state index contributed by atoms with van der Waals surface area (Å²) in [5.74, 6) is -0.539. The molecule has 0 aliphatic carbocycles. The largest absolute Gasteiger partial charge is 0.507 e. The van der Waals surface area contributed by atoms with Crippen molar-refractivity contribution in [1.29, 1.82) is 0 Å². The molecule has 1 amide bonds. The standard InChI is InChI=1S/C14H13NO3/c16-13-9-5-4-8-12(13)14(17)15-18-10-11-6-2-1-3-7-11/h1-9,16H,10H2,(H,15,17). The van der Waals surface area contributed by atoms with Gasteiger partial charge in [0, 0.05) is 0 Å². The van der Waals surface area contributed by atoms with E-state index in [1.807, 2.05) is 30.3 Å². The molecule has 0 saturated heterocycles. The number of hydrogen-bond acceptors (Lipinski definition) is 3. The summed E-state index contributed by atoms with van der Waals surface area (Å²) in [4.78, 5) is 16.7. The van der Waals surface area contributed by atoms with E-state index in [0.717, 1.165) is 5.56 Å². The summed E-state index contributed by atoms with van der Waals surface area (Å²) in [5, 5.41) is 9.48. The highest BCUT2D eigenvalue weighted by Gasteiger charge is 2.09. The van der Waals surface area contributed by atoms with Gasteiger partial charge in [-0.3, -0.25) is 9.63 Å². The van der Waals surface area contributed by atoms with Crippen molar-refractivity contribution in [1.82, 2.24) is 5.48 Å². The maximum absolute atomic E-state index is 11.7. The highest BCUT2D eigenvalue weighted by atomic mass is 16.6. The lowest BCUT2D eigenvalue weighted by Crippen LogP contribution is -2.23. The van der Waals surface area contributed by atoms with Crippen LogP contribution in [0.4, 0.5) is 0 Å². The lowest BCUT2D eigenvalue weighted by atomic mass is 10.2. The Morgan fingerprint density at radius 1 is 1.06 bits per heavy atom.